The molecule has 354 valence electrons. The van der Waals surface area contributed by atoms with Crippen molar-refractivity contribution in [2.75, 3.05) is 6.61 Å². The van der Waals surface area contributed by atoms with E-state index in [1.807, 2.05) is 12.2 Å². The van der Waals surface area contributed by atoms with Gasteiger partial charge in [0, 0.05) is 12.8 Å². The summed E-state index contributed by atoms with van der Waals surface area (Å²) in [6.07, 6.45) is 64.8. The summed E-state index contributed by atoms with van der Waals surface area (Å²) in [5.74, 6) is -0.620. The van der Waals surface area contributed by atoms with Crippen molar-refractivity contribution in [2.45, 2.75) is 238 Å². The van der Waals surface area contributed by atoms with Crippen molar-refractivity contribution in [1.82, 2.24) is 5.32 Å². The summed E-state index contributed by atoms with van der Waals surface area (Å²) < 4.78 is 5.85. The highest BCUT2D eigenvalue weighted by Crippen LogP contribution is 2.15. The Labute approximate surface area is 382 Å². The van der Waals surface area contributed by atoms with E-state index in [1.165, 1.54) is 77.0 Å². The second-order valence-corrected chi connectivity index (χ2v) is 16.8. The van der Waals surface area contributed by atoms with Gasteiger partial charge in [-0.3, -0.25) is 9.59 Å². The Morgan fingerprint density at radius 2 is 0.903 bits per heavy atom. The molecule has 3 unspecified atom stereocenters. The number of aliphatic hydroxyl groups is 2. The summed E-state index contributed by atoms with van der Waals surface area (Å²) in [6, 6.07) is -0.742. The summed E-state index contributed by atoms with van der Waals surface area (Å²) in [5, 5.41) is 23.7. The molecule has 62 heavy (non-hydrogen) atoms. The lowest BCUT2D eigenvalue weighted by molar-refractivity contribution is -0.150. The Balaban J connectivity index is 4.80. The van der Waals surface area contributed by atoms with Crippen LogP contribution in [-0.4, -0.2) is 46.9 Å². The highest BCUT2D eigenvalue weighted by atomic mass is 16.5. The van der Waals surface area contributed by atoms with Crippen molar-refractivity contribution in [1.29, 1.82) is 0 Å². The van der Waals surface area contributed by atoms with E-state index in [1.54, 1.807) is 0 Å². The third-order valence-corrected chi connectivity index (χ3v) is 10.9. The van der Waals surface area contributed by atoms with Crippen molar-refractivity contribution in [3.8, 4) is 0 Å². The third-order valence-electron chi connectivity index (χ3n) is 10.9. The van der Waals surface area contributed by atoms with E-state index in [0.29, 0.717) is 19.3 Å². The fourth-order valence-corrected chi connectivity index (χ4v) is 7.05. The molecule has 0 radical (unpaired) electrons. The number of aliphatic hydroxyl groups excluding tert-OH is 2. The van der Waals surface area contributed by atoms with Crippen LogP contribution in [0.1, 0.15) is 220 Å². The first kappa shape index (κ1) is 58.8. The topological polar surface area (TPSA) is 95.9 Å². The minimum atomic E-state index is -0.821. The van der Waals surface area contributed by atoms with Crippen molar-refractivity contribution < 1.29 is 24.5 Å². The molecule has 0 aliphatic carbocycles. The fourth-order valence-electron chi connectivity index (χ4n) is 7.05. The molecule has 0 rings (SSSR count). The predicted octanol–water partition coefficient (Wildman–Crippen LogP) is 15.3. The molecule has 3 N–H and O–H groups in total. The van der Waals surface area contributed by atoms with E-state index in [9.17, 15) is 19.8 Å². The minimum Gasteiger partial charge on any atom is -0.461 e. The first-order valence-corrected chi connectivity index (χ1v) is 25.5. The molecule has 0 aliphatic rings. The molecule has 0 heterocycles. The van der Waals surface area contributed by atoms with Gasteiger partial charge in [-0.25, -0.2) is 0 Å². The first-order valence-electron chi connectivity index (χ1n) is 25.5. The van der Waals surface area contributed by atoms with Crippen LogP contribution in [0.2, 0.25) is 0 Å². The molecule has 3 atom stereocenters. The standard InChI is InChI=1S/C56H95NO5/c1-4-7-10-13-16-19-22-25-27-29-31-34-37-40-43-46-49-56(61)62-52(47-44-41-38-35-32-30-28-26-23-20-17-14-11-8-5-2)50-55(60)57-53(51-58)54(59)48-45-42-39-36-33-24-21-18-15-12-9-6-3/h7,10,16-17,19-20,25-28,31-32,34-35,41,44,52-54,58-59H,4-6,8-9,11-15,18,21-24,29-30,33,36-40,42-43,45-51H2,1-3H3,(H,57,60)/b10-7+,19-16+,20-17-,27-25+,28-26-,34-31+,35-32-,44-41-. The molecule has 0 saturated heterocycles. The van der Waals surface area contributed by atoms with Crippen LogP contribution < -0.4 is 5.32 Å². The summed E-state index contributed by atoms with van der Waals surface area (Å²) in [7, 11) is 0. The lowest BCUT2D eigenvalue weighted by atomic mass is 10.0. The second kappa shape index (κ2) is 48.8. The summed E-state index contributed by atoms with van der Waals surface area (Å²) in [5.41, 5.74) is 0. The Hall–Kier alpha value is -3.22. The predicted molar refractivity (Wildman–Crippen MR) is 268 cm³/mol. The quantitative estimate of drug-likeness (QED) is 0.0322. The van der Waals surface area contributed by atoms with Gasteiger partial charge in [0.15, 0.2) is 0 Å². The summed E-state index contributed by atoms with van der Waals surface area (Å²) in [4.78, 5) is 26.1. The second-order valence-electron chi connectivity index (χ2n) is 16.8. The van der Waals surface area contributed by atoms with Crippen molar-refractivity contribution in [3.05, 3.63) is 97.2 Å². The lowest BCUT2D eigenvalue weighted by Gasteiger charge is -2.24. The van der Waals surface area contributed by atoms with Gasteiger partial charge in [0.05, 0.1) is 25.2 Å². The van der Waals surface area contributed by atoms with E-state index in [2.05, 4.69) is 111 Å². The van der Waals surface area contributed by atoms with Crippen LogP contribution in [-0.2, 0) is 14.3 Å². The molecular weight excluding hydrogens is 767 g/mol. The average molecular weight is 862 g/mol. The average Bonchev–Trinajstić information content (AvgIpc) is 3.26. The molecule has 0 aromatic rings. The Kier molecular flexibility index (Phi) is 46.3. The highest BCUT2D eigenvalue weighted by molar-refractivity contribution is 5.77. The molecule has 6 heteroatoms. The van der Waals surface area contributed by atoms with Gasteiger partial charge in [0.2, 0.25) is 5.91 Å². The van der Waals surface area contributed by atoms with Crippen molar-refractivity contribution in [3.63, 3.8) is 0 Å². The van der Waals surface area contributed by atoms with Crippen LogP contribution in [0.25, 0.3) is 0 Å². The monoisotopic (exact) mass is 862 g/mol. The van der Waals surface area contributed by atoms with E-state index >= 15 is 0 Å². The maximum absolute atomic E-state index is 13.2. The number of nitrogens with one attached hydrogen (secondary N) is 1. The van der Waals surface area contributed by atoms with Crippen LogP contribution >= 0.6 is 0 Å². The fraction of sp³-hybridized carbons (Fsp3) is 0.679. The van der Waals surface area contributed by atoms with Gasteiger partial charge in [0.25, 0.3) is 0 Å². The van der Waals surface area contributed by atoms with Crippen LogP contribution in [0.3, 0.4) is 0 Å². The van der Waals surface area contributed by atoms with Crippen LogP contribution in [0.15, 0.2) is 97.2 Å². The van der Waals surface area contributed by atoms with Crippen molar-refractivity contribution in [2.24, 2.45) is 0 Å². The van der Waals surface area contributed by atoms with Gasteiger partial charge < -0.3 is 20.3 Å². The third kappa shape index (κ3) is 43.4. The first-order chi connectivity index (χ1) is 30.5. The SMILES string of the molecule is CC/C=C/C/C=C/C/C=C/C/C=C/CCCCCC(=O)OC(C/C=C\C/C=C\C/C=C\C/C=C\CCCCC)CC(=O)NC(CO)C(O)CCCCCCCCCCCCCC. The summed E-state index contributed by atoms with van der Waals surface area (Å²) in [6.45, 7) is 6.29. The number of unbranched alkanes of at least 4 members (excludes halogenated alkanes) is 17. The molecule has 6 nitrogen and oxygen atoms in total. The molecular formula is C56H95NO5. The number of hydrogen-bond donors (Lipinski definition) is 3. The van der Waals surface area contributed by atoms with Gasteiger partial charge in [-0.15, -0.1) is 0 Å². The van der Waals surface area contributed by atoms with E-state index in [-0.39, 0.29) is 24.9 Å². The zero-order chi connectivity index (χ0) is 45.2. The number of amides is 1. The van der Waals surface area contributed by atoms with E-state index in [0.717, 1.165) is 96.3 Å². The maximum atomic E-state index is 13.2. The van der Waals surface area contributed by atoms with Crippen LogP contribution in [0.5, 0.6) is 0 Å². The molecule has 0 aromatic carbocycles. The molecule has 0 aromatic heterocycles. The normalized spacial score (nSPS) is 14.1. The number of esters is 1. The Morgan fingerprint density at radius 1 is 0.500 bits per heavy atom. The Morgan fingerprint density at radius 3 is 1.39 bits per heavy atom. The van der Waals surface area contributed by atoms with Gasteiger partial charge in [-0.2, -0.15) is 0 Å². The van der Waals surface area contributed by atoms with Gasteiger partial charge >= 0.3 is 5.97 Å². The van der Waals surface area contributed by atoms with Gasteiger partial charge in [-0.05, 0) is 83.5 Å². The molecule has 0 bridgehead atoms. The number of rotatable bonds is 44. The molecule has 0 spiro atoms. The zero-order valence-corrected chi connectivity index (χ0v) is 40.2. The van der Waals surface area contributed by atoms with E-state index < -0.39 is 18.2 Å². The van der Waals surface area contributed by atoms with Gasteiger partial charge in [0.1, 0.15) is 6.10 Å². The number of carbonyl (C=O) groups excluding carboxylic acids is 2. The number of hydrogen-bond acceptors (Lipinski definition) is 5. The van der Waals surface area contributed by atoms with Gasteiger partial charge in [-0.1, -0.05) is 214 Å². The molecule has 1 amide bonds. The largest absolute Gasteiger partial charge is 0.461 e. The Bertz CT molecular complexity index is 1240. The molecule has 0 fully saturated rings. The van der Waals surface area contributed by atoms with Crippen LogP contribution in [0, 0.1) is 0 Å². The maximum Gasteiger partial charge on any atom is 0.306 e. The van der Waals surface area contributed by atoms with Crippen LogP contribution in [0.4, 0.5) is 0 Å². The van der Waals surface area contributed by atoms with Crippen molar-refractivity contribution >= 4 is 11.9 Å². The highest BCUT2D eigenvalue weighted by Gasteiger charge is 2.23. The summed E-state index contributed by atoms with van der Waals surface area (Å²) >= 11 is 0. The zero-order valence-electron chi connectivity index (χ0n) is 40.2. The molecule has 0 aliphatic heterocycles. The number of allylic oxidation sites excluding steroid dienone is 15. The number of ether oxygens (including phenoxy) is 1. The smallest absolute Gasteiger partial charge is 0.306 e. The van der Waals surface area contributed by atoms with E-state index in [4.69, 9.17) is 4.74 Å². The lowest BCUT2D eigenvalue weighted by Crippen LogP contribution is -2.46. The molecule has 0 saturated carbocycles. The number of carbonyl (C=O) groups is 2. The minimum absolute atomic E-state index is 0.0164.